The minimum atomic E-state index is 0.00766. The highest BCUT2D eigenvalue weighted by Crippen LogP contribution is 2.20. The maximum Gasteiger partial charge on any atom is 0.251 e. The van der Waals surface area contributed by atoms with E-state index in [0.717, 1.165) is 40.2 Å². The Hall–Kier alpha value is -1.35. The number of carbonyl (C=O) groups is 1. The lowest BCUT2D eigenvalue weighted by atomic mass is 10.1. The zero-order chi connectivity index (χ0) is 13.0. The molecule has 0 aliphatic rings. The molecule has 1 N–H and O–H groups in total. The first kappa shape index (κ1) is 13.1. The van der Waals surface area contributed by atoms with Gasteiger partial charge in [0.05, 0.1) is 0 Å². The molecular weight excluding hydrogens is 290 g/mol. The van der Waals surface area contributed by atoms with E-state index in [9.17, 15) is 4.79 Å². The number of benzene rings is 2. The summed E-state index contributed by atoms with van der Waals surface area (Å²) in [6, 6.07) is 11.8. The van der Waals surface area contributed by atoms with Crippen molar-refractivity contribution in [2.24, 2.45) is 0 Å². The van der Waals surface area contributed by atoms with Gasteiger partial charge in [0.25, 0.3) is 5.91 Å². The van der Waals surface area contributed by atoms with Crippen molar-refractivity contribution in [3.05, 3.63) is 46.4 Å². The van der Waals surface area contributed by atoms with Crippen LogP contribution in [0.1, 0.15) is 30.1 Å². The molecule has 3 heteroatoms. The van der Waals surface area contributed by atoms with Gasteiger partial charge in [0.15, 0.2) is 0 Å². The lowest BCUT2D eigenvalue weighted by molar-refractivity contribution is 0.0953. The Labute approximate surface area is 116 Å². The molecule has 0 aliphatic carbocycles. The number of rotatable bonds is 4. The van der Waals surface area contributed by atoms with Crippen LogP contribution in [-0.2, 0) is 0 Å². The monoisotopic (exact) mass is 305 g/mol. The zero-order valence-electron chi connectivity index (χ0n) is 10.4. The number of fused-ring (bicyclic) bond motifs is 1. The van der Waals surface area contributed by atoms with Crippen LogP contribution in [0.5, 0.6) is 0 Å². The first-order valence-electron chi connectivity index (χ1n) is 6.18. The van der Waals surface area contributed by atoms with Crippen LogP contribution in [-0.4, -0.2) is 12.5 Å². The molecule has 18 heavy (non-hydrogen) atoms. The van der Waals surface area contributed by atoms with Crippen molar-refractivity contribution in [2.75, 3.05) is 6.54 Å². The molecule has 2 aromatic rings. The van der Waals surface area contributed by atoms with E-state index < -0.39 is 0 Å². The summed E-state index contributed by atoms with van der Waals surface area (Å²) in [4.78, 5) is 11.9. The highest BCUT2D eigenvalue weighted by Gasteiger charge is 2.05. The third-order valence-corrected chi connectivity index (χ3v) is 3.37. The molecule has 0 radical (unpaired) electrons. The topological polar surface area (TPSA) is 29.1 Å². The molecule has 2 rings (SSSR count). The quantitative estimate of drug-likeness (QED) is 0.845. The van der Waals surface area contributed by atoms with Crippen LogP contribution in [0.4, 0.5) is 0 Å². The third-order valence-electron chi connectivity index (χ3n) is 2.88. The number of hydrogen-bond acceptors (Lipinski definition) is 1. The molecule has 1 amide bonds. The van der Waals surface area contributed by atoms with Gasteiger partial charge in [0.1, 0.15) is 0 Å². The lowest BCUT2D eigenvalue weighted by Gasteiger charge is -2.06. The summed E-state index contributed by atoms with van der Waals surface area (Å²) in [6.45, 7) is 2.85. The Kier molecular flexibility index (Phi) is 4.37. The van der Waals surface area contributed by atoms with Crippen molar-refractivity contribution >= 4 is 32.6 Å². The van der Waals surface area contributed by atoms with Crippen LogP contribution in [0.3, 0.4) is 0 Å². The van der Waals surface area contributed by atoms with Crippen molar-refractivity contribution in [2.45, 2.75) is 19.8 Å². The standard InChI is InChI=1S/C15H16BrNO/c1-2-3-8-17-15(18)13-5-4-12-10-14(16)7-6-11(12)9-13/h4-7,9-10H,2-3,8H2,1H3,(H,17,18). The molecule has 2 aromatic carbocycles. The largest absolute Gasteiger partial charge is 0.352 e. The van der Waals surface area contributed by atoms with E-state index in [1.165, 1.54) is 0 Å². The van der Waals surface area contributed by atoms with Crippen molar-refractivity contribution in [3.63, 3.8) is 0 Å². The van der Waals surface area contributed by atoms with Crippen LogP contribution in [0, 0.1) is 0 Å². The average molecular weight is 306 g/mol. The van der Waals surface area contributed by atoms with Crippen molar-refractivity contribution in [1.29, 1.82) is 0 Å². The molecule has 2 nitrogen and oxygen atoms in total. The van der Waals surface area contributed by atoms with Crippen molar-refractivity contribution < 1.29 is 4.79 Å². The highest BCUT2D eigenvalue weighted by molar-refractivity contribution is 9.10. The van der Waals surface area contributed by atoms with Crippen LogP contribution >= 0.6 is 15.9 Å². The summed E-state index contributed by atoms with van der Waals surface area (Å²) in [7, 11) is 0. The maximum absolute atomic E-state index is 11.9. The predicted molar refractivity (Wildman–Crippen MR) is 78.9 cm³/mol. The number of carbonyl (C=O) groups excluding carboxylic acids is 1. The van der Waals surface area contributed by atoms with Gasteiger partial charge >= 0.3 is 0 Å². The fourth-order valence-electron chi connectivity index (χ4n) is 1.84. The highest BCUT2D eigenvalue weighted by atomic mass is 79.9. The van der Waals surface area contributed by atoms with Gasteiger partial charge in [-0.3, -0.25) is 4.79 Å². The summed E-state index contributed by atoms with van der Waals surface area (Å²) >= 11 is 3.44. The Morgan fingerprint density at radius 2 is 1.89 bits per heavy atom. The molecule has 0 unspecified atom stereocenters. The first-order valence-corrected chi connectivity index (χ1v) is 6.97. The fraction of sp³-hybridized carbons (Fsp3) is 0.267. The molecule has 0 saturated heterocycles. The summed E-state index contributed by atoms with van der Waals surface area (Å²) in [6.07, 6.45) is 2.11. The van der Waals surface area contributed by atoms with Gasteiger partial charge in [-0.1, -0.05) is 41.4 Å². The second kappa shape index (κ2) is 6.01. The van der Waals surface area contributed by atoms with Gasteiger partial charge in [-0.05, 0) is 41.5 Å². The number of amides is 1. The number of halogens is 1. The summed E-state index contributed by atoms with van der Waals surface area (Å²) in [5.41, 5.74) is 0.723. The molecule has 0 aromatic heterocycles. The molecule has 0 fully saturated rings. The SMILES string of the molecule is CCCCNC(=O)c1ccc2cc(Br)ccc2c1. The summed E-state index contributed by atoms with van der Waals surface area (Å²) < 4.78 is 1.05. The van der Waals surface area contributed by atoms with Gasteiger partial charge in [-0.25, -0.2) is 0 Å². The Morgan fingerprint density at radius 3 is 2.67 bits per heavy atom. The molecule has 0 bridgehead atoms. The minimum absolute atomic E-state index is 0.00766. The first-order chi connectivity index (χ1) is 8.70. The van der Waals surface area contributed by atoms with E-state index in [2.05, 4.69) is 28.2 Å². The average Bonchev–Trinajstić information content (AvgIpc) is 2.38. The zero-order valence-corrected chi connectivity index (χ0v) is 12.0. The smallest absolute Gasteiger partial charge is 0.251 e. The molecule has 0 aliphatic heterocycles. The van der Waals surface area contributed by atoms with Crippen LogP contribution in [0.2, 0.25) is 0 Å². The van der Waals surface area contributed by atoms with E-state index in [1.807, 2.05) is 36.4 Å². The van der Waals surface area contributed by atoms with Crippen molar-refractivity contribution in [3.8, 4) is 0 Å². The van der Waals surface area contributed by atoms with Gasteiger partial charge < -0.3 is 5.32 Å². The summed E-state index contributed by atoms with van der Waals surface area (Å²) in [5.74, 6) is 0.00766. The van der Waals surface area contributed by atoms with Gasteiger partial charge in [0, 0.05) is 16.6 Å². The van der Waals surface area contributed by atoms with Crippen LogP contribution < -0.4 is 5.32 Å². The Balaban J connectivity index is 2.19. The second-order valence-corrected chi connectivity index (χ2v) is 5.23. The van der Waals surface area contributed by atoms with Gasteiger partial charge in [0.2, 0.25) is 0 Å². The lowest BCUT2D eigenvalue weighted by Crippen LogP contribution is -2.24. The van der Waals surface area contributed by atoms with E-state index in [-0.39, 0.29) is 5.91 Å². The predicted octanol–water partition coefficient (Wildman–Crippen LogP) is 4.13. The van der Waals surface area contributed by atoms with E-state index >= 15 is 0 Å². The van der Waals surface area contributed by atoms with Gasteiger partial charge in [-0.2, -0.15) is 0 Å². The fourth-order valence-corrected chi connectivity index (χ4v) is 2.22. The van der Waals surface area contributed by atoms with Gasteiger partial charge in [-0.15, -0.1) is 0 Å². The van der Waals surface area contributed by atoms with Crippen LogP contribution in [0.25, 0.3) is 10.8 Å². The van der Waals surface area contributed by atoms with Crippen molar-refractivity contribution in [1.82, 2.24) is 5.32 Å². The molecular formula is C15H16BrNO. The number of nitrogens with one attached hydrogen (secondary N) is 1. The Morgan fingerprint density at radius 1 is 1.17 bits per heavy atom. The Bertz CT molecular complexity index is 565. The maximum atomic E-state index is 11.9. The molecule has 0 saturated carbocycles. The number of unbranched alkanes of at least 4 members (excludes halogenated alkanes) is 1. The third kappa shape index (κ3) is 3.10. The number of hydrogen-bond donors (Lipinski definition) is 1. The molecule has 0 heterocycles. The molecule has 94 valence electrons. The van der Waals surface area contributed by atoms with E-state index in [4.69, 9.17) is 0 Å². The molecule has 0 atom stereocenters. The van der Waals surface area contributed by atoms with E-state index in [1.54, 1.807) is 0 Å². The molecule has 0 spiro atoms. The second-order valence-electron chi connectivity index (χ2n) is 4.32. The normalized spacial score (nSPS) is 10.6. The summed E-state index contributed by atoms with van der Waals surface area (Å²) in [5, 5.41) is 5.15. The van der Waals surface area contributed by atoms with E-state index in [0.29, 0.717) is 0 Å². The van der Waals surface area contributed by atoms with Crippen LogP contribution in [0.15, 0.2) is 40.9 Å². The minimum Gasteiger partial charge on any atom is -0.352 e.